The van der Waals surface area contributed by atoms with Crippen LogP contribution in [0.5, 0.6) is 0 Å². The lowest BCUT2D eigenvalue weighted by atomic mass is 9.89. The molecule has 4 aromatic carbocycles. The lowest BCUT2D eigenvalue weighted by molar-refractivity contribution is 0.614. The van der Waals surface area contributed by atoms with Crippen LogP contribution in [0.4, 0.5) is 0 Å². The molecule has 4 nitrogen and oxygen atoms in total. The molecule has 0 radical (unpaired) electrons. The molecule has 0 spiro atoms. The molecule has 0 saturated heterocycles. The van der Waals surface area contributed by atoms with Gasteiger partial charge in [-0.15, -0.1) is 0 Å². The fourth-order valence-corrected chi connectivity index (χ4v) is 5.38. The van der Waals surface area contributed by atoms with Crippen LogP contribution in [0.15, 0.2) is 121 Å². The highest BCUT2D eigenvalue weighted by Crippen LogP contribution is 2.48. The number of fused-ring (bicyclic) bond motifs is 3. The summed E-state index contributed by atoms with van der Waals surface area (Å²) in [4.78, 5) is 20.4. The van der Waals surface area contributed by atoms with E-state index >= 15 is 0 Å². The molecule has 0 fully saturated rings. The van der Waals surface area contributed by atoms with Gasteiger partial charge < -0.3 is 0 Å². The first-order valence-corrected chi connectivity index (χ1v) is 13.2. The largest absolute Gasteiger partial charge is 0.247 e. The molecule has 0 unspecified atom stereocenters. The Hall–Kier alpha value is -4.96. The first-order valence-electron chi connectivity index (χ1n) is 13.2. The Morgan fingerprint density at radius 1 is 0.436 bits per heavy atom. The Kier molecular flexibility index (Phi) is 5.41. The van der Waals surface area contributed by atoms with Crippen LogP contribution in [0, 0.1) is 0 Å². The van der Waals surface area contributed by atoms with E-state index in [1.807, 2.05) is 48.7 Å². The van der Waals surface area contributed by atoms with E-state index in [0.717, 1.165) is 50.7 Å². The molecule has 7 rings (SSSR count). The second kappa shape index (κ2) is 9.10. The van der Waals surface area contributed by atoms with Crippen molar-refractivity contribution in [1.82, 2.24) is 19.9 Å². The highest BCUT2D eigenvalue weighted by Gasteiger charge is 2.41. The second-order valence-corrected chi connectivity index (χ2v) is 10.4. The summed E-state index contributed by atoms with van der Waals surface area (Å²) in [7, 11) is 0. The molecular formula is C35H26N4. The Morgan fingerprint density at radius 2 is 0.923 bits per heavy atom. The van der Waals surface area contributed by atoms with Crippen molar-refractivity contribution in [1.29, 1.82) is 0 Å². The Labute approximate surface area is 228 Å². The highest BCUT2D eigenvalue weighted by atomic mass is 15.0. The van der Waals surface area contributed by atoms with Crippen LogP contribution in [-0.2, 0) is 5.41 Å². The van der Waals surface area contributed by atoms with E-state index in [4.69, 9.17) is 19.9 Å². The molecule has 1 aliphatic rings. The first kappa shape index (κ1) is 23.2. The second-order valence-electron chi connectivity index (χ2n) is 10.4. The van der Waals surface area contributed by atoms with Crippen LogP contribution in [0.1, 0.15) is 25.2 Å². The summed E-state index contributed by atoms with van der Waals surface area (Å²) in [6, 6.07) is 39.4. The van der Waals surface area contributed by atoms with Crippen LogP contribution in [0.25, 0.3) is 56.3 Å². The van der Waals surface area contributed by atoms with Crippen molar-refractivity contribution < 1.29 is 0 Å². The van der Waals surface area contributed by atoms with Crippen LogP contribution in [0.2, 0.25) is 0 Å². The van der Waals surface area contributed by atoms with E-state index in [-0.39, 0.29) is 0 Å². The zero-order valence-corrected chi connectivity index (χ0v) is 21.8. The van der Waals surface area contributed by atoms with Gasteiger partial charge in [0.05, 0.1) is 33.9 Å². The number of rotatable bonds is 4. The molecule has 186 valence electrons. The highest BCUT2D eigenvalue weighted by molar-refractivity contribution is 5.84. The van der Waals surface area contributed by atoms with E-state index in [1.165, 1.54) is 11.1 Å². The normalized spacial score (nSPS) is 13.1. The van der Waals surface area contributed by atoms with Gasteiger partial charge in [0, 0.05) is 28.5 Å². The summed E-state index contributed by atoms with van der Waals surface area (Å²) in [6.45, 7) is 4.36. The summed E-state index contributed by atoms with van der Waals surface area (Å²) >= 11 is 0. The molecule has 0 bridgehead atoms. The monoisotopic (exact) mass is 502 g/mol. The molecule has 1 aliphatic carbocycles. The van der Waals surface area contributed by atoms with E-state index < -0.39 is 5.41 Å². The third-order valence-electron chi connectivity index (χ3n) is 7.47. The van der Waals surface area contributed by atoms with Gasteiger partial charge in [-0.1, -0.05) is 115 Å². The Balaban J connectivity index is 1.35. The summed E-state index contributed by atoms with van der Waals surface area (Å²) in [5, 5.41) is 0. The number of aromatic nitrogens is 4. The molecule has 0 atom stereocenters. The van der Waals surface area contributed by atoms with Gasteiger partial charge in [0.2, 0.25) is 0 Å². The fourth-order valence-electron chi connectivity index (χ4n) is 5.38. The lowest BCUT2D eigenvalue weighted by Gasteiger charge is -2.20. The van der Waals surface area contributed by atoms with Crippen LogP contribution in [-0.4, -0.2) is 19.9 Å². The number of nitrogens with zero attached hydrogens (tertiary/aromatic N) is 4. The van der Waals surface area contributed by atoms with Gasteiger partial charge in [0.15, 0.2) is 5.82 Å². The molecule has 4 heteroatoms. The van der Waals surface area contributed by atoms with Crippen molar-refractivity contribution >= 4 is 0 Å². The smallest absolute Gasteiger partial charge is 0.159 e. The SMILES string of the molecule is CC1(C)c2nc(-c3ccc(-c4ccccc4)cc3)ncc2-c2nc(-c3ccccc3)c(-c3ccccc3)nc21. The van der Waals surface area contributed by atoms with E-state index in [2.05, 4.69) is 86.6 Å². The third kappa shape index (κ3) is 3.93. The quantitative estimate of drug-likeness (QED) is 0.244. The van der Waals surface area contributed by atoms with Gasteiger partial charge in [-0.2, -0.15) is 0 Å². The van der Waals surface area contributed by atoms with E-state index in [9.17, 15) is 0 Å². The standard InChI is InChI=1S/C35H26N4/c1-35(2)32-28(22-36-34(39-32)27-20-18-24(19-21-27)23-12-6-3-7-13-23)31-33(35)38-30(26-16-10-5-11-17-26)29(37-31)25-14-8-4-9-15-25/h3-22H,1-2H3. The predicted octanol–water partition coefficient (Wildman–Crippen LogP) is 8.24. The molecule has 0 amide bonds. The Morgan fingerprint density at radius 3 is 1.51 bits per heavy atom. The van der Waals surface area contributed by atoms with Gasteiger partial charge >= 0.3 is 0 Å². The van der Waals surface area contributed by atoms with Crippen molar-refractivity contribution in [2.45, 2.75) is 19.3 Å². The average Bonchev–Trinajstić information content (AvgIpc) is 3.23. The number of benzene rings is 4. The van der Waals surface area contributed by atoms with E-state index in [0.29, 0.717) is 5.82 Å². The van der Waals surface area contributed by atoms with E-state index in [1.54, 1.807) is 0 Å². The maximum absolute atomic E-state index is 5.28. The minimum absolute atomic E-state index is 0.419. The molecule has 6 aromatic rings. The lowest BCUT2D eigenvalue weighted by Crippen LogP contribution is -2.19. The number of hydrogen-bond donors (Lipinski definition) is 0. The maximum Gasteiger partial charge on any atom is 0.159 e. The Bertz CT molecular complexity index is 1790. The fraction of sp³-hybridized carbons (Fsp3) is 0.0857. The summed E-state index contributed by atoms with van der Waals surface area (Å²) in [6.07, 6.45) is 1.92. The minimum atomic E-state index is -0.419. The first-order chi connectivity index (χ1) is 19.1. The van der Waals surface area contributed by atoms with Crippen molar-refractivity contribution in [3.05, 3.63) is 133 Å². The summed E-state index contributed by atoms with van der Waals surface area (Å²) in [5.74, 6) is 0.709. The van der Waals surface area contributed by atoms with Gasteiger partial charge in [-0.25, -0.2) is 19.9 Å². The topological polar surface area (TPSA) is 51.6 Å². The third-order valence-corrected chi connectivity index (χ3v) is 7.47. The predicted molar refractivity (Wildman–Crippen MR) is 157 cm³/mol. The van der Waals surface area contributed by atoms with Crippen molar-refractivity contribution in [2.24, 2.45) is 0 Å². The zero-order valence-electron chi connectivity index (χ0n) is 21.8. The molecule has 39 heavy (non-hydrogen) atoms. The molecule has 0 aliphatic heterocycles. The maximum atomic E-state index is 5.28. The van der Waals surface area contributed by atoms with Gasteiger partial charge in [-0.05, 0) is 25.0 Å². The van der Waals surface area contributed by atoms with Crippen molar-refractivity contribution in [3.8, 4) is 56.3 Å². The average molecular weight is 503 g/mol. The van der Waals surface area contributed by atoms with Gasteiger partial charge in [0.25, 0.3) is 0 Å². The zero-order chi connectivity index (χ0) is 26.4. The summed E-state index contributed by atoms with van der Waals surface area (Å²) < 4.78 is 0. The van der Waals surface area contributed by atoms with Crippen molar-refractivity contribution in [2.75, 3.05) is 0 Å². The van der Waals surface area contributed by atoms with Crippen molar-refractivity contribution in [3.63, 3.8) is 0 Å². The molecule has 0 saturated carbocycles. The molecule has 0 N–H and O–H groups in total. The molecule has 2 heterocycles. The van der Waals surface area contributed by atoms with Crippen LogP contribution < -0.4 is 0 Å². The minimum Gasteiger partial charge on any atom is -0.247 e. The summed E-state index contributed by atoms with van der Waals surface area (Å²) in [5.41, 5.74) is 10.5. The van der Waals surface area contributed by atoms with Crippen LogP contribution in [0.3, 0.4) is 0 Å². The molecule has 2 aromatic heterocycles. The molecular weight excluding hydrogens is 476 g/mol. The number of hydrogen-bond acceptors (Lipinski definition) is 4. The van der Waals surface area contributed by atoms with Crippen LogP contribution >= 0.6 is 0 Å². The van der Waals surface area contributed by atoms with Gasteiger partial charge in [-0.3, -0.25) is 0 Å². The van der Waals surface area contributed by atoms with Gasteiger partial charge in [0.1, 0.15) is 0 Å².